The van der Waals surface area contributed by atoms with Gasteiger partial charge in [0.1, 0.15) is 6.54 Å². The van der Waals surface area contributed by atoms with Gasteiger partial charge >= 0.3 is 0 Å². The van der Waals surface area contributed by atoms with Gasteiger partial charge in [-0.3, -0.25) is 14.2 Å². The Hall–Kier alpha value is -1.92. The van der Waals surface area contributed by atoms with E-state index in [1.165, 1.54) is 49.4 Å². The highest BCUT2D eigenvalue weighted by Crippen LogP contribution is 2.16. The zero-order valence-corrected chi connectivity index (χ0v) is 15.8. The van der Waals surface area contributed by atoms with Gasteiger partial charge < -0.3 is 10.6 Å². The quantitative estimate of drug-likeness (QED) is 0.597. The molecule has 0 aliphatic heterocycles. The molecule has 0 unspecified atom stereocenters. The topological polar surface area (TPSA) is 76.0 Å². The third-order valence-corrected chi connectivity index (χ3v) is 4.78. The smallest absolute Gasteiger partial charge is 0.261 e. The maximum atomic E-state index is 12.4. The first-order valence-electron chi connectivity index (χ1n) is 9.18. The van der Waals surface area contributed by atoms with Crippen molar-refractivity contribution in [2.45, 2.75) is 51.1 Å². The van der Waals surface area contributed by atoms with Crippen LogP contribution in [0.25, 0.3) is 10.9 Å². The van der Waals surface area contributed by atoms with Crippen LogP contribution in [0.3, 0.4) is 0 Å². The van der Waals surface area contributed by atoms with Crippen LogP contribution in [0, 0.1) is 0 Å². The Bertz CT molecular complexity index is 769. The molecule has 1 saturated carbocycles. The van der Waals surface area contributed by atoms with Crippen molar-refractivity contribution in [2.75, 3.05) is 13.1 Å². The second-order valence-electron chi connectivity index (χ2n) is 6.69. The van der Waals surface area contributed by atoms with Crippen molar-refractivity contribution in [2.24, 2.45) is 0 Å². The fourth-order valence-corrected chi connectivity index (χ4v) is 3.39. The molecule has 1 aliphatic carbocycles. The molecule has 7 heteroatoms. The highest BCUT2D eigenvalue weighted by atomic mass is 35.5. The molecular formula is C19H27ClN4O2. The maximum absolute atomic E-state index is 12.4. The molecule has 6 nitrogen and oxygen atoms in total. The number of aromatic nitrogens is 2. The number of halogens is 1. The first kappa shape index (κ1) is 20.4. The highest BCUT2D eigenvalue weighted by molar-refractivity contribution is 5.85. The van der Waals surface area contributed by atoms with Gasteiger partial charge in [0.2, 0.25) is 5.91 Å². The lowest BCUT2D eigenvalue weighted by Crippen LogP contribution is -2.39. The second kappa shape index (κ2) is 10.3. The summed E-state index contributed by atoms with van der Waals surface area (Å²) in [6, 6.07) is 7.74. The van der Waals surface area contributed by atoms with Crippen molar-refractivity contribution in [1.29, 1.82) is 0 Å². The molecule has 1 amide bonds. The Morgan fingerprint density at radius 3 is 2.62 bits per heavy atom. The summed E-state index contributed by atoms with van der Waals surface area (Å²) in [5.74, 6) is -0.165. The Balaban J connectivity index is 0.00000243. The molecule has 1 aliphatic rings. The summed E-state index contributed by atoms with van der Waals surface area (Å²) >= 11 is 0. The van der Waals surface area contributed by atoms with Crippen LogP contribution < -0.4 is 16.2 Å². The number of fused-ring (bicyclic) bond motifs is 1. The maximum Gasteiger partial charge on any atom is 0.261 e. The van der Waals surface area contributed by atoms with Crippen LogP contribution in [0.4, 0.5) is 0 Å². The minimum Gasteiger partial charge on any atom is -0.353 e. The summed E-state index contributed by atoms with van der Waals surface area (Å²) in [5, 5.41) is 6.93. The number of carbonyl (C=O) groups is 1. The molecule has 1 heterocycles. The Morgan fingerprint density at radius 2 is 1.85 bits per heavy atom. The van der Waals surface area contributed by atoms with Gasteiger partial charge in [-0.15, -0.1) is 12.4 Å². The van der Waals surface area contributed by atoms with Crippen molar-refractivity contribution in [3.63, 3.8) is 0 Å². The predicted molar refractivity (Wildman–Crippen MR) is 106 cm³/mol. The van der Waals surface area contributed by atoms with E-state index in [0.29, 0.717) is 23.5 Å². The number of carbonyl (C=O) groups excluding carboxylic acids is 1. The van der Waals surface area contributed by atoms with E-state index in [-0.39, 0.29) is 30.4 Å². The second-order valence-corrected chi connectivity index (χ2v) is 6.69. The third kappa shape index (κ3) is 5.54. The number of para-hydroxylation sites is 1. The van der Waals surface area contributed by atoms with Crippen LogP contribution in [0.1, 0.15) is 38.5 Å². The average molecular weight is 379 g/mol. The van der Waals surface area contributed by atoms with Crippen LogP contribution >= 0.6 is 12.4 Å². The molecule has 142 valence electrons. The predicted octanol–water partition coefficient (Wildman–Crippen LogP) is 2.25. The Morgan fingerprint density at radius 1 is 1.12 bits per heavy atom. The fraction of sp³-hybridized carbons (Fsp3) is 0.526. The van der Waals surface area contributed by atoms with Crippen molar-refractivity contribution >= 4 is 29.2 Å². The number of hydrogen-bond acceptors (Lipinski definition) is 4. The third-order valence-electron chi connectivity index (χ3n) is 4.78. The van der Waals surface area contributed by atoms with Gasteiger partial charge in [0, 0.05) is 19.1 Å². The molecule has 2 aromatic rings. The number of hydrogen-bond donors (Lipinski definition) is 2. The summed E-state index contributed by atoms with van der Waals surface area (Å²) < 4.78 is 1.36. The first-order chi connectivity index (χ1) is 12.2. The van der Waals surface area contributed by atoms with E-state index in [1.807, 2.05) is 6.07 Å². The van der Waals surface area contributed by atoms with E-state index in [1.54, 1.807) is 18.2 Å². The van der Waals surface area contributed by atoms with Crippen molar-refractivity contribution < 1.29 is 4.79 Å². The average Bonchev–Trinajstić information content (AvgIpc) is 2.90. The Kier molecular flexibility index (Phi) is 8.06. The zero-order chi connectivity index (χ0) is 17.5. The first-order valence-corrected chi connectivity index (χ1v) is 9.18. The number of amides is 1. The number of benzene rings is 1. The molecule has 0 radical (unpaired) electrons. The van der Waals surface area contributed by atoms with E-state index < -0.39 is 0 Å². The van der Waals surface area contributed by atoms with Crippen molar-refractivity contribution in [1.82, 2.24) is 20.2 Å². The highest BCUT2D eigenvalue weighted by Gasteiger charge is 2.11. The summed E-state index contributed by atoms with van der Waals surface area (Å²) in [6.45, 7) is 1.34. The SMILES string of the molecule is Cl.O=C(Cn1cnc2ccccc2c1=O)NCCNC1CCCCCC1. The molecule has 2 N–H and O–H groups in total. The molecule has 26 heavy (non-hydrogen) atoms. The van der Waals surface area contributed by atoms with Gasteiger partial charge in [-0.25, -0.2) is 4.98 Å². The zero-order valence-electron chi connectivity index (χ0n) is 14.9. The van der Waals surface area contributed by atoms with E-state index in [9.17, 15) is 9.59 Å². The lowest BCUT2D eigenvalue weighted by molar-refractivity contribution is -0.121. The van der Waals surface area contributed by atoms with Crippen molar-refractivity contribution in [3.8, 4) is 0 Å². The Labute approximate surface area is 159 Å². The minimum atomic E-state index is -0.183. The standard InChI is InChI=1S/C19H26N4O2.ClH/c24-18(21-12-11-20-15-7-3-1-2-4-8-15)13-23-14-22-17-10-6-5-9-16(17)19(23)25;/h5-6,9-10,14-15,20H,1-4,7-8,11-13H2,(H,21,24);1H. The molecule has 1 aromatic carbocycles. The van der Waals surface area contributed by atoms with Gasteiger partial charge in [0.25, 0.3) is 5.56 Å². The molecule has 0 atom stereocenters. The normalized spacial score (nSPS) is 15.2. The summed E-state index contributed by atoms with van der Waals surface area (Å²) in [5.41, 5.74) is 0.467. The molecule has 0 bridgehead atoms. The minimum absolute atomic E-state index is 0. The van der Waals surface area contributed by atoms with Gasteiger partial charge in [-0.05, 0) is 25.0 Å². The van der Waals surface area contributed by atoms with Crippen LogP contribution in [-0.4, -0.2) is 34.6 Å². The number of rotatable bonds is 6. The monoisotopic (exact) mass is 378 g/mol. The molecule has 1 fully saturated rings. The van der Waals surface area contributed by atoms with E-state index >= 15 is 0 Å². The van der Waals surface area contributed by atoms with Gasteiger partial charge in [-0.2, -0.15) is 0 Å². The number of nitrogens with zero attached hydrogens (tertiary/aromatic N) is 2. The van der Waals surface area contributed by atoms with Gasteiger partial charge in [0.15, 0.2) is 0 Å². The summed E-state index contributed by atoms with van der Waals surface area (Å²) in [4.78, 5) is 28.7. The lowest BCUT2D eigenvalue weighted by atomic mass is 10.1. The fourth-order valence-electron chi connectivity index (χ4n) is 3.39. The van der Waals surface area contributed by atoms with E-state index in [4.69, 9.17) is 0 Å². The molecule has 0 spiro atoms. The van der Waals surface area contributed by atoms with Crippen LogP contribution in [0.2, 0.25) is 0 Å². The van der Waals surface area contributed by atoms with Gasteiger partial charge in [0.05, 0.1) is 17.2 Å². The molecular weight excluding hydrogens is 352 g/mol. The van der Waals surface area contributed by atoms with Crippen LogP contribution in [0.5, 0.6) is 0 Å². The summed E-state index contributed by atoms with van der Waals surface area (Å²) in [6.07, 6.45) is 9.16. The molecule has 1 aromatic heterocycles. The molecule has 0 saturated heterocycles. The molecule has 3 rings (SSSR count). The van der Waals surface area contributed by atoms with E-state index in [2.05, 4.69) is 15.6 Å². The van der Waals surface area contributed by atoms with Gasteiger partial charge in [-0.1, -0.05) is 37.8 Å². The summed E-state index contributed by atoms with van der Waals surface area (Å²) in [7, 11) is 0. The van der Waals surface area contributed by atoms with Crippen molar-refractivity contribution in [3.05, 3.63) is 40.9 Å². The largest absolute Gasteiger partial charge is 0.353 e. The number of nitrogens with one attached hydrogen (secondary N) is 2. The van der Waals surface area contributed by atoms with Crippen LogP contribution in [-0.2, 0) is 11.3 Å². The van der Waals surface area contributed by atoms with E-state index in [0.717, 1.165) is 6.54 Å². The lowest BCUT2D eigenvalue weighted by Gasteiger charge is -2.16. The van der Waals surface area contributed by atoms with Crippen LogP contribution in [0.15, 0.2) is 35.4 Å².